The second kappa shape index (κ2) is 6.77. The Hall–Kier alpha value is -1.10. The molecule has 21 heavy (non-hydrogen) atoms. The summed E-state index contributed by atoms with van der Waals surface area (Å²) in [5, 5.41) is 0.893. The Kier molecular flexibility index (Phi) is 5.25. The first kappa shape index (κ1) is 16.3. The first-order valence-electron chi connectivity index (χ1n) is 6.03. The summed E-state index contributed by atoms with van der Waals surface area (Å²) in [6.45, 7) is 0.346. The van der Waals surface area contributed by atoms with E-state index in [1.54, 1.807) is 25.2 Å². The van der Waals surface area contributed by atoms with Gasteiger partial charge < -0.3 is 4.90 Å². The fourth-order valence-electron chi connectivity index (χ4n) is 1.85. The van der Waals surface area contributed by atoms with E-state index in [1.165, 1.54) is 23.1 Å². The van der Waals surface area contributed by atoms with Crippen LogP contribution in [0.1, 0.15) is 15.9 Å². The summed E-state index contributed by atoms with van der Waals surface area (Å²) < 4.78 is 13.8. The van der Waals surface area contributed by atoms with Gasteiger partial charge in [-0.05, 0) is 51.8 Å². The zero-order valence-corrected chi connectivity index (χ0v) is 14.1. The number of hydrogen-bond acceptors (Lipinski definition) is 1. The lowest BCUT2D eigenvalue weighted by Crippen LogP contribution is -2.26. The van der Waals surface area contributed by atoms with Gasteiger partial charge in [0.1, 0.15) is 5.82 Å². The predicted octanol–water partition coefficient (Wildman–Crippen LogP) is 5.17. The Morgan fingerprint density at radius 3 is 2.57 bits per heavy atom. The minimum atomic E-state index is -0.454. The van der Waals surface area contributed by atoms with Crippen molar-refractivity contribution in [2.45, 2.75) is 6.54 Å². The van der Waals surface area contributed by atoms with E-state index in [0.717, 1.165) is 5.56 Å². The van der Waals surface area contributed by atoms with Crippen LogP contribution in [-0.2, 0) is 6.54 Å². The molecule has 0 saturated heterocycles. The second-order valence-corrected chi connectivity index (χ2v) is 6.20. The molecular weight excluding hydrogens is 380 g/mol. The molecule has 0 heterocycles. The Bertz CT molecular complexity index is 693. The van der Waals surface area contributed by atoms with Gasteiger partial charge in [-0.1, -0.05) is 29.3 Å². The third-order valence-electron chi connectivity index (χ3n) is 2.91. The summed E-state index contributed by atoms with van der Waals surface area (Å²) >= 11 is 15.1. The van der Waals surface area contributed by atoms with Crippen molar-refractivity contribution < 1.29 is 9.18 Å². The maximum atomic E-state index is 13.3. The molecule has 6 heteroatoms. The molecule has 2 aromatic carbocycles. The number of benzene rings is 2. The van der Waals surface area contributed by atoms with Gasteiger partial charge in [-0.2, -0.15) is 0 Å². The van der Waals surface area contributed by atoms with E-state index in [9.17, 15) is 9.18 Å². The van der Waals surface area contributed by atoms with Crippen molar-refractivity contribution in [2.24, 2.45) is 0 Å². The first-order valence-corrected chi connectivity index (χ1v) is 7.58. The smallest absolute Gasteiger partial charge is 0.255 e. The molecule has 0 radical (unpaired) electrons. The topological polar surface area (TPSA) is 20.3 Å². The highest BCUT2D eigenvalue weighted by molar-refractivity contribution is 9.10. The van der Waals surface area contributed by atoms with E-state index in [4.69, 9.17) is 23.2 Å². The monoisotopic (exact) mass is 389 g/mol. The van der Waals surface area contributed by atoms with E-state index in [1.807, 2.05) is 0 Å². The van der Waals surface area contributed by atoms with Gasteiger partial charge in [0.05, 0.1) is 15.6 Å². The number of carbonyl (C=O) groups excluding carboxylic acids is 1. The average Bonchev–Trinajstić information content (AvgIpc) is 2.44. The van der Waals surface area contributed by atoms with Gasteiger partial charge in [-0.25, -0.2) is 4.39 Å². The number of rotatable bonds is 3. The Labute approximate surface area is 140 Å². The SMILES string of the molecule is CN(Cc1ccc(Cl)c(Cl)c1)C(=O)c1cc(F)ccc1Br. The maximum absolute atomic E-state index is 13.3. The van der Waals surface area contributed by atoms with Gasteiger partial charge in [0, 0.05) is 18.1 Å². The van der Waals surface area contributed by atoms with E-state index < -0.39 is 5.82 Å². The first-order chi connectivity index (χ1) is 9.88. The number of hydrogen-bond donors (Lipinski definition) is 0. The lowest BCUT2D eigenvalue weighted by atomic mass is 10.1. The lowest BCUT2D eigenvalue weighted by molar-refractivity contribution is 0.0783. The molecule has 110 valence electrons. The van der Waals surface area contributed by atoms with Crippen LogP contribution in [0, 0.1) is 5.82 Å². The second-order valence-electron chi connectivity index (χ2n) is 4.53. The number of halogens is 4. The van der Waals surface area contributed by atoms with E-state index in [0.29, 0.717) is 21.1 Å². The molecule has 2 rings (SSSR count). The molecule has 0 aliphatic carbocycles. The number of nitrogens with zero attached hydrogens (tertiary/aromatic N) is 1. The highest BCUT2D eigenvalue weighted by Crippen LogP contribution is 2.24. The summed E-state index contributed by atoms with van der Waals surface area (Å²) in [5.41, 5.74) is 1.12. The van der Waals surface area contributed by atoms with Gasteiger partial charge in [0.2, 0.25) is 0 Å². The zero-order valence-electron chi connectivity index (χ0n) is 11.0. The molecule has 0 N–H and O–H groups in total. The fourth-order valence-corrected chi connectivity index (χ4v) is 2.59. The Morgan fingerprint density at radius 2 is 1.90 bits per heavy atom. The summed E-state index contributed by atoms with van der Waals surface area (Å²) in [4.78, 5) is 13.8. The van der Waals surface area contributed by atoms with Crippen LogP contribution in [0.25, 0.3) is 0 Å². The molecule has 0 spiro atoms. The van der Waals surface area contributed by atoms with Crippen molar-refractivity contribution in [3.63, 3.8) is 0 Å². The van der Waals surface area contributed by atoms with Crippen LogP contribution in [0.4, 0.5) is 4.39 Å². The van der Waals surface area contributed by atoms with Crippen molar-refractivity contribution in [3.05, 3.63) is 67.9 Å². The molecule has 1 amide bonds. The molecule has 2 nitrogen and oxygen atoms in total. The molecule has 0 aromatic heterocycles. The normalized spacial score (nSPS) is 10.5. The van der Waals surface area contributed by atoms with Crippen LogP contribution in [-0.4, -0.2) is 17.9 Å². The van der Waals surface area contributed by atoms with Crippen molar-refractivity contribution >= 4 is 45.0 Å². The predicted molar refractivity (Wildman–Crippen MR) is 86.4 cm³/mol. The molecule has 0 atom stereocenters. The molecular formula is C15H11BrCl2FNO. The Balaban J connectivity index is 2.19. The third kappa shape index (κ3) is 3.96. The molecule has 0 unspecified atom stereocenters. The van der Waals surface area contributed by atoms with Crippen LogP contribution < -0.4 is 0 Å². The van der Waals surface area contributed by atoms with Gasteiger partial charge in [0.25, 0.3) is 5.91 Å². The summed E-state index contributed by atoms with van der Waals surface area (Å²) in [5.74, 6) is -0.739. The summed E-state index contributed by atoms with van der Waals surface area (Å²) in [7, 11) is 1.64. The van der Waals surface area contributed by atoms with Gasteiger partial charge in [0.15, 0.2) is 0 Å². The van der Waals surface area contributed by atoms with E-state index in [2.05, 4.69) is 15.9 Å². The summed E-state index contributed by atoms with van der Waals surface area (Å²) in [6, 6.07) is 9.18. The van der Waals surface area contributed by atoms with Crippen molar-refractivity contribution in [2.75, 3.05) is 7.05 Å². The Morgan fingerprint density at radius 1 is 1.19 bits per heavy atom. The van der Waals surface area contributed by atoms with Crippen LogP contribution in [0.5, 0.6) is 0 Å². The minimum absolute atomic E-state index is 0.276. The molecule has 0 bridgehead atoms. The van der Waals surface area contributed by atoms with Crippen molar-refractivity contribution in [3.8, 4) is 0 Å². The van der Waals surface area contributed by atoms with Gasteiger partial charge in [-0.3, -0.25) is 4.79 Å². The quantitative estimate of drug-likeness (QED) is 0.708. The molecule has 0 aliphatic heterocycles. The van der Waals surface area contributed by atoms with Gasteiger partial charge in [-0.15, -0.1) is 0 Å². The highest BCUT2D eigenvalue weighted by Gasteiger charge is 2.16. The molecule has 2 aromatic rings. The average molecular weight is 391 g/mol. The van der Waals surface area contributed by atoms with Crippen LogP contribution >= 0.6 is 39.1 Å². The third-order valence-corrected chi connectivity index (χ3v) is 4.34. The fraction of sp³-hybridized carbons (Fsp3) is 0.133. The summed E-state index contributed by atoms with van der Waals surface area (Å²) in [6.07, 6.45) is 0. The standard InChI is InChI=1S/C15H11BrCl2FNO/c1-20(8-9-2-5-13(17)14(18)6-9)15(21)11-7-10(19)3-4-12(11)16/h2-7H,8H2,1H3. The highest BCUT2D eigenvalue weighted by atomic mass is 79.9. The lowest BCUT2D eigenvalue weighted by Gasteiger charge is -2.18. The number of carbonyl (C=O) groups is 1. The molecule has 0 fully saturated rings. The van der Waals surface area contributed by atoms with Crippen molar-refractivity contribution in [1.29, 1.82) is 0 Å². The van der Waals surface area contributed by atoms with Crippen LogP contribution in [0.15, 0.2) is 40.9 Å². The van der Waals surface area contributed by atoms with Crippen LogP contribution in [0.3, 0.4) is 0 Å². The zero-order chi connectivity index (χ0) is 15.6. The van der Waals surface area contributed by atoms with E-state index in [-0.39, 0.29) is 11.5 Å². The van der Waals surface area contributed by atoms with Crippen molar-refractivity contribution in [1.82, 2.24) is 4.90 Å². The number of amides is 1. The largest absolute Gasteiger partial charge is 0.337 e. The van der Waals surface area contributed by atoms with Gasteiger partial charge >= 0.3 is 0 Å². The minimum Gasteiger partial charge on any atom is -0.337 e. The van der Waals surface area contributed by atoms with E-state index >= 15 is 0 Å². The van der Waals surface area contributed by atoms with Crippen LogP contribution in [0.2, 0.25) is 10.0 Å². The maximum Gasteiger partial charge on any atom is 0.255 e. The molecule has 0 saturated carbocycles. The molecule has 0 aliphatic rings.